The molecule has 0 unspecified atom stereocenters. The molecule has 2 heterocycles. The van der Waals surface area contributed by atoms with E-state index in [-0.39, 0.29) is 0 Å². The van der Waals surface area contributed by atoms with Crippen molar-refractivity contribution in [3.8, 4) is 0 Å². The van der Waals surface area contributed by atoms with Crippen LogP contribution in [-0.2, 0) is 11.8 Å². The van der Waals surface area contributed by atoms with Crippen LogP contribution in [0.3, 0.4) is 0 Å². The lowest BCUT2D eigenvalue weighted by Crippen LogP contribution is -2.28. The first-order valence-electron chi connectivity index (χ1n) is 9.75. The van der Waals surface area contributed by atoms with E-state index >= 15 is 0 Å². The normalized spacial score (nSPS) is 27.9. The average Bonchev–Trinajstić information content (AvgIpc) is 3.29. The van der Waals surface area contributed by atoms with E-state index in [0.717, 1.165) is 35.8 Å². The zero-order valence-corrected chi connectivity index (χ0v) is 16.2. The molecule has 3 aliphatic rings. The number of hydrogen-bond acceptors (Lipinski definition) is 4. The lowest BCUT2D eigenvalue weighted by atomic mass is 9.72. The summed E-state index contributed by atoms with van der Waals surface area (Å²) in [6.07, 6.45) is 14.2. The fourth-order valence-electron chi connectivity index (χ4n) is 5.36. The third-order valence-electron chi connectivity index (χ3n) is 6.68. The molecule has 2 aromatic heterocycles. The van der Waals surface area contributed by atoms with Crippen LogP contribution in [0.5, 0.6) is 0 Å². The van der Waals surface area contributed by atoms with E-state index < -0.39 is 0 Å². The molecule has 3 aliphatic carbocycles. The highest BCUT2D eigenvalue weighted by molar-refractivity contribution is 9.10. The lowest BCUT2D eigenvalue weighted by Gasteiger charge is -2.33. The van der Waals surface area contributed by atoms with Gasteiger partial charge in [-0.2, -0.15) is 9.61 Å². The van der Waals surface area contributed by atoms with Crippen molar-refractivity contribution in [2.24, 2.45) is 5.73 Å². The van der Waals surface area contributed by atoms with Crippen LogP contribution < -0.4 is 11.1 Å². The van der Waals surface area contributed by atoms with Gasteiger partial charge >= 0.3 is 0 Å². The average molecular weight is 404 g/mol. The number of rotatable bonds is 2. The van der Waals surface area contributed by atoms with Gasteiger partial charge in [0.05, 0.1) is 16.4 Å². The Hall–Kier alpha value is -1.14. The summed E-state index contributed by atoms with van der Waals surface area (Å²) < 4.78 is 2.99. The molecule has 0 saturated heterocycles. The Morgan fingerprint density at radius 2 is 2.04 bits per heavy atom. The SMILES string of the molecule is N[C@H]1CC[C@H](Nc2c3c(nc4c(Br)cnn24)C2(CCCCC2)CC3)C1. The number of halogens is 1. The zero-order valence-electron chi connectivity index (χ0n) is 14.6. The Bertz CT molecular complexity index is 808. The maximum atomic E-state index is 6.14. The second-order valence-corrected chi connectivity index (χ2v) is 9.13. The Balaban J connectivity index is 1.63. The van der Waals surface area contributed by atoms with Crippen LogP contribution in [0.4, 0.5) is 5.82 Å². The van der Waals surface area contributed by atoms with Crippen LogP contribution in [0.25, 0.3) is 5.65 Å². The maximum absolute atomic E-state index is 6.14. The van der Waals surface area contributed by atoms with Crippen molar-refractivity contribution in [2.75, 3.05) is 5.32 Å². The largest absolute Gasteiger partial charge is 0.367 e. The van der Waals surface area contributed by atoms with Gasteiger partial charge in [-0.15, -0.1) is 0 Å². The molecule has 0 radical (unpaired) electrons. The molecular weight excluding hydrogens is 378 g/mol. The molecule has 2 atom stereocenters. The Morgan fingerprint density at radius 1 is 1.20 bits per heavy atom. The second kappa shape index (κ2) is 5.95. The number of hydrogen-bond donors (Lipinski definition) is 2. The van der Waals surface area contributed by atoms with Crippen molar-refractivity contribution in [3.63, 3.8) is 0 Å². The highest BCUT2D eigenvalue weighted by atomic mass is 79.9. The minimum absolute atomic E-state index is 0.307. The van der Waals surface area contributed by atoms with E-state index in [2.05, 4.69) is 26.3 Å². The fourth-order valence-corrected chi connectivity index (χ4v) is 5.71. The Morgan fingerprint density at radius 3 is 2.80 bits per heavy atom. The minimum atomic E-state index is 0.307. The standard InChI is InChI=1S/C19H26BrN5/c20-15-11-22-25-17(23-13-5-4-12(21)10-13)14-6-9-19(7-2-1-3-8-19)16(14)24-18(15)25/h11-13,23H,1-10,21H2/t12-,13-/m0/s1. The van der Waals surface area contributed by atoms with Crippen molar-refractivity contribution < 1.29 is 0 Å². The summed E-state index contributed by atoms with van der Waals surface area (Å²) in [5.74, 6) is 1.17. The molecule has 2 fully saturated rings. The topological polar surface area (TPSA) is 68.2 Å². The summed E-state index contributed by atoms with van der Waals surface area (Å²) in [7, 11) is 0. The van der Waals surface area contributed by atoms with Gasteiger partial charge in [0.1, 0.15) is 5.82 Å². The predicted molar refractivity (Wildman–Crippen MR) is 103 cm³/mol. The van der Waals surface area contributed by atoms with Crippen molar-refractivity contribution in [3.05, 3.63) is 21.9 Å². The highest BCUT2D eigenvalue weighted by Gasteiger charge is 2.43. The second-order valence-electron chi connectivity index (χ2n) is 8.27. The van der Waals surface area contributed by atoms with Gasteiger partial charge in [-0.3, -0.25) is 0 Å². The molecule has 5 rings (SSSR count). The third kappa shape index (κ3) is 2.52. The van der Waals surface area contributed by atoms with E-state index in [1.54, 1.807) is 0 Å². The maximum Gasteiger partial charge on any atom is 0.171 e. The van der Waals surface area contributed by atoms with E-state index in [1.165, 1.54) is 55.6 Å². The van der Waals surface area contributed by atoms with Crippen LogP contribution in [0.2, 0.25) is 0 Å². The van der Waals surface area contributed by atoms with E-state index in [0.29, 0.717) is 17.5 Å². The van der Waals surface area contributed by atoms with Crippen molar-refractivity contribution in [1.82, 2.24) is 14.6 Å². The molecule has 5 nitrogen and oxygen atoms in total. The quantitative estimate of drug-likeness (QED) is 0.796. The van der Waals surface area contributed by atoms with E-state index in [1.807, 2.05) is 10.7 Å². The molecule has 6 heteroatoms. The Kier molecular flexibility index (Phi) is 3.82. The van der Waals surface area contributed by atoms with Gasteiger partial charge in [0.2, 0.25) is 0 Å². The molecular formula is C19H26BrN5. The number of fused-ring (bicyclic) bond motifs is 3. The fraction of sp³-hybridized carbons (Fsp3) is 0.684. The van der Waals surface area contributed by atoms with Gasteiger partial charge in [0.15, 0.2) is 5.65 Å². The van der Waals surface area contributed by atoms with Crippen molar-refractivity contribution in [2.45, 2.75) is 81.7 Å². The molecule has 3 N–H and O–H groups in total. The van der Waals surface area contributed by atoms with Crippen LogP contribution in [0.15, 0.2) is 10.7 Å². The van der Waals surface area contributed by atoms with Crippen LogP contribution in [0.1, 0.15) is 69.0 Å². The first kappa shape index (κ1) is 16.1. The summed E-state index contributed by atoms with van der Waals surface area (Å²) in [5, 5.41) is 8.41. The first-order valence-corrected chi connectivity index (χ1v) is 10.5. The minimum Gasteiger partial charge on any atom is -0.367 e. The van der Waals surface area contributed by atoms with Gasteiger partial charge in [-0.25, -0.2) is 4.98 Å². The van der Waals surface area contributed by atoms with Gasteiger partial charge in [-0.05, 0) is 60.9 Å². The number of anilines is 1. The molecule has 0 bridgehead atoms. The molecule has 134 valence electrons. The van der Waals surface area contributed by atoms with Gasteiger partial charge < -0.3 is 11.1 Å². The molecule has 2 aromatic rings. The lowest BCUT2D eigenvalue weighted by molar-refractivity contribution is 0.286. The van der Waals surface area contributed by atoms with E-state index in [4.69, 9.17) is 10.7 Å². The summed E-state index contributed by atoms with van der Waals surface area (Å²) >= 11 is 3.65. The highest BCUT2D eigenvalue weighted by Crippen LogP contribution is 2.50. The molecule has 1 spiro atoms. The van der Waals surface area contributed by atoms with Crippen molar-refractivity contribution in [1.29, 1.82) is 0 Å². The monoisotopic (exact) mass is 403 g/mol. The summed E-state index contributed by atoms with van der Waals surface area (Å²) in [5.41, 5.74) is 10.2. The zero-order chi connectivity index (χ0) is 17.0. The molecule has 0 aromatic carbocycles. The number of nitrogens with two attached hydrogens (primary N) is 1. The van der Waals surface area contributed by atoms with Gasteiger partial charge in [-0.1, -0.05) is 19.3 Å². The number of nitrogens with one attached hydrogen (secondary N) is 1. The van der Waals surface area contributed by atoms with E-state index in [9.17, 15) is 0 Å². The first-order chi connectivity index (χ1) is 12.2. The summed E-state index contributed by atoms with van der Waals surface area (Å²) in [4.78, 5) is 5.13. The molecule has 0 aliphatic heterocycles. The van der Waals surface area contributed by atoms with Crippen LogP contribution in [-0.4, -0.2) is 26.7 Å². The smallest absolute Gasteiger partial charge is 0.171 e. The molecule has 25 heavy (non-hydrogen) atoms. The predicted octanol–water partition coefficient (Wildman–Crippen LogP) is 3.93. The number of nitrogens with zero attached hydrogens (tertiary/aromatic N) is 3. The third-order valence-corrected chi connectivity index (χ3v) is 7.24. The number of aromatic nitrogens is 3. The Labute approximate surface area is 156 Å². The summed E-state index contributed by atoms with van der Waals surface area (Å²) in [6.45, 7) is 0. The summed E-state index contributed by atoms with van der Waals surface area (Å²) in [6, 6.07) is 0.785. The van der Waals surface area contributed by atoms with Crippen LogP contribution >= 0.6 is 15.9 Å². The van der Waals surface area contributed by atoms with Gasteiger partial charge in [0.25, 0.3) is 0 Å². The molecule has 0 amide bonds. The van der Waals surface area contributed by atoms with Gasteiger partial charge in [0, 0.05) is 23.1 Å². The molecule has 2 saturated carbocycles. The van der Waals surface area contributed by atoms with Crippen LogP contribution in [0, 0.1) is 0 Å². The van der Waals surface area contributed by atoms with Crippen molar-refractivity contribution >= 4 is 27.4 Å².